The van der Waals surface area contributed by atoms with Crippen LogP contribution in [0.15, 0.2) is 60.7 Å². The highest BCUT2D eigenvalue weighted by Gasteiger charge is 2.53. The SMILES string of the molecule is CC(=O)O[C@@H]1[C@@H](OC(C)=O)[C@H](O[C@@H]2[C@@H](OCc3ccccc3)[C@H](O)[C@@H](COC(=O)c3ccccc3)O[C@H]2O)OC[C@H]1OC(C)=O. The molecule has 0 unspecified atom stereocenters. The van der Waals surface area contributed by atoms with Crippen LogP contribution in [-0.2, 0) is 58.9 Å². The van der Waals surface area contributed by atoms with Gasteiger partial charge in [0.25, 0.3) is 0 Å². The standard InChI is InChI=1S/C31H36O14/c1-17(32)41-23-16-40-31(28(43-19(3)34)25(23)42-18(2)33)45-27-26(38-14-20-10-6-4-7-11-20)24(35)22(44-30(27)37)15-39-29(36)21-12-8-5-9-13-21/h4-13,22-28,30-31,35,37H,14-16H2,1-3H3/t22-,23-,24-,25+,26+,27-,28-,30-,31+/m1/s1. The first-order valence-corrected chi connectivity index (χ1v) is 14.2. The van der Waals surface area contributed by atoms with Crippen LogP contribution in [0.5, 0.6) is 0 Å². The molecule has 2 aliphatic rings. The molecule has 0 amide bonds. The lowest BCUT2D eigenvalue weighted by Crippen LogP contribution is -2.64. The van der Waals surface area contributed by atoms with Crippen LogP contribution in [0.25, 0.3) is 0 Å². The molecule has 2 saturated heterocycles. The second kappa shape index (κ2) is 15.9. The number of carbonyl (C=O) groups is 4. The number of carbonyl (C=O) groups excluding carboxylic acids is 4. The summed E-state index contributed by atoms with van der Waals surface area (Å²) in [5.74, 6) is -2.92. The van der Waals surface area contributed by atoms with Crippen LogP contribution in [0.2, 0.25) is 0 Å². The van der Waals surface area contributed by atoms with Crippen molar-refractivity contribution in [1.29, 1.82) is 0 Å². The number of benzene rings is 2. The predicted octanol–water partition coefficient (Wildman–Crippen LogP) is 1.04. The van der Waals surface area contributed by atoms with E-state index in [2.05, 4.69) is 0 Å². The lowest BCUT2D eigenvalue weighted by atomic mass is 9.98. The Morgan fingerprint density at radius 3 is 2.00 bits per heavy atom. The number of hydrogen-bond acceptors (Lipinski definition) is 14. The summed E-state index contributed by atoms with van der Waals surface area (Å²) in [5.41, 5.74) is 1.02. The van der Waals surface area contributed by atoms with E-state index in [1.807, 2.05) is 6.07 Å². The van der Waals surface area contributed by atoms with Crippen LogP contribution >= 0.6 is 0 Å². The van der Waals surface area contributed by atoms with Gasteiger partial charge in [-0.2, -0.15) is 0 Å². The van der Waals surface area contributed by atoms with E-state index in [1.54, 1.807) is 54.6 Å². The maximum atomic E-state index is 12.5. The van der Waals surface area contributed by atoms with Crippen molar-refractivity contribution in [2.75, 3.05) is 13.2 Å². The molecule has 4 rings (SSSR count). The Labute approximate surface area is 259 Å². The summed E-state index contributed by atoms with van der Waals surface area (Å²) in [4.78, 5) is 48.2. The molecular formula is C31H36O14. The first kappa shape index (κ1) is 34.0. The lowest BCUT2D eigenvalue weighted by Gasteiger charge is -2.46. The number of rotatable bonds is 11. The summed E-state index contributed by atoms with van der Waals surface area (Å²) in [6, 6.07) is 17.2. The van der Waals surface area contributed by atoms with Crippen molar-refractivity contribution in [1.82, 2.24) is 0 Å². The second-order valence-electron chi connectivity index (χ2n) is 10.4. The van der Waals surface area contributed by atoms with E-state index in [-0.39, 0.29) is 18.8 Å². The van der Waals surface area contributed by atoms with E-state index in [9.17, 15) is 29.4 Å². The molecule has 0 saturated carbocycles. The summed E-state index contributed by atoms with van der Waals surface area (Å²) in [7, 11) is 0. The second-order valence-corrected chi connectivity index (χ2v) is 10.4. The first-order chi connectivity index (χ1) is 21.5. The molecular weight excluding hydrogens is 596 g/mol. The maximum absolute atomic E-state index is 12.5. The van der Waals surface area contributed by atoms with Gasteiger partial charge in [-0.1, -0.05) is 48.5 Å². The zero-order valence-electron chi connectivity index (χ0n) is 24.9. The van der Waals surface area contributed by atoms with Gasteiger partial charge in [0.1, 0.15) is 31.0 Å². The topological polar surface area (TPSA) is 183 Å². The fraction of sp³-hybridized carbons (Fsp3) is 0.484. The molecule has 2 fully saturated rings. The Bertz CT molecular complexity index is 1290. The molecule has 0 spiro atoms. The molecule has 14 nitrogen and oxygen atoms in total. The minimum absolute atomic E-state index is 0.0187. The smallest absolute Gasteiger partial charge is 0.338 e. The van der Waals surface area contributed by atoms with Gasteiger partial charge < -0.3 is 48.1 Å². The van der Waals surface area contributed by atoms with Gasteiger partial charge in [-0.3, -0.25) is 14.4 Å². The third-order valence-electron chi connectivity index (χ3n) is 6.91. The van der Waals surface area contributed by atoms with Crippen molar-refractivity contribution < 1.29 is 67.3 Å². The highest BCUT2D eigenvalue weighted by molar-refractivity contribution is 5.89. The maximum Gasteiger partial charge on any atom is 0.338 e. The zero-order valence-corrected chi connectivity index (χ0v) is 24.9. The van der Waals surface area contributed by atoms with Crippen molar-refractivity contribution >= 4 is 23.9 Å². The van der Waals surface area contributed by atoms with Crippen LogP contribution in [0.4, 0.5) is 0 Å². The first-order valence-electron chi connectivity index (χ1n) is 14.2. The Hall–Kier alpha value is -3.92. The Morgan fingerprint density at radius 2 is 1.38 bits per heavy atom. The molecule has 0 radical (unpaired) electrons. The predicted molar refractivity (Wildman–Crippen MR) is 150 cm³/mol. The van der Waals surface area contributed by atoms with E-state index < -0.39 is 85.8 Å². The highest BCUT2D eigenvalue weighted by Crippen LogP contribution is 2.32. The van der Waals surface area contributed by atoms with Gasteiger partial charge in [0.2, 0.25) is 0 Å². The fourth-order valence-corrected chi connectivity index (χ4v) is 4.94. The van der Waals surface area contributed by atoms with E-state index in [1.165, 1.54) is 0 Å². The Morgan fingerprint density at radius 1 is 0.778 bits per heavy atom. The average Bonchev–Trinajstić information content (AvgIpc) is 3.00. The van der Waals surface area contributed by atoms with Crippen LogP contribution in [0.3, 0.4) is 0 Å². The molecule has 0 aliphatic carbocycles. The van der Waals surface area contributed by atoms with Gasteiger partial charge in [0, 0.05) is 20.8 Å². The molecule has 45 heavy (non-hydrogen) atoms. The van der Waals surface area contributed by atoms with Crippen molar-refractivity contribution in [3.8, 4) is 0 Å². The lowest BCUT2D eigenvalue weighted by molar-refractivity contribution is -0.355. The molecule has 0 aromatic heterocycles. The number of esters is 4. The van der Waals surface area contributed by atoms with E-state index in [4.69, 9.17) is 37.9 Å². The minimum Gasteiger partial charge on any atom is -0.459 e. The van der Waals surface area contributed by atoms with E-state index in [0.717, 1.165) is 26.3 Å². The Kier molecular flexibility index (Phi) is 12.0. The van der Waals surface area contributed by atoms with Crippen molar-refractivity contribution in [2.24, 2.45) is 0 Å². The number of aliphatic hydroxyl groups is 2. The van der Waals surface area contributed by atoms with Gasteiger partial charge in [-0.15, -0.1) is 0 Å². The van der Waals surface area contributed by atoms with Gasteiger partial charge in [-0.05, 0) is 17.7 Å². The van der Waals surface area contributed by atoms with E-state index in [0.29, 0.717) is 0 Å². The van der Waals surface area contributed by atoms with Crippen molar-refractivity contribution in [2.45, 2.75) is 82.7 Å². The van der Waals surface area contributed by atoms with Crippen molar-refractivity contribution in [3.05, 3.63) is 71.8 Å². The monoisotopic (exact) mass is 632 g/mol. The van der Waals surface area contributed by atoms with Crippen LogP contribution in [0, 0.1) is 0 Å². The summed E-state index contributed by atoms with van der Waals surface area (Å²) >= 11 is 0. The van der Waals surface area contributed by atoms with Gasteiger partial charge in [0.15, 0.2) is 30.9 Å². The van der Waals surface area contributed by atoms with Crippen molar-refractivity contribution in [3.63, 3.8) is 0 Å². The average molecular weight is 633 g/mol. The third kappa shape index (κ3) is 9.29. The summed E-state index contributed by atoms with van der Waals surface area (Å²) < 4.78 is 44.7. The zero-order chi connectivity index (χ0) is 32.5. The van der Waals surface area contributed by atoms with Gasteiger partial charge >= 0.3 is 23.9 Å². The molecule has 2 aromatic rings. The summed E-state index contributed by atoms with van der Waals surface area (Å²) in [6.07, 6.45) is -12.7. The normalized spacial score (nSPS) is 29.7. The number of aliphatic hydroxyl groups excluding tert-OH is 2. The summed E-state index contributed by atoms with van der Waals surface area (Å²) in [6.45, 7) is 2.59. The molecule has 2 heterocycles. The minimum atomic E-state index is -1.77. The fourth-order valence-electron chi connectivity index (χ4n) is 4.94. The van der Waals surface area contributed by atoms with Crippen LogP contribution in [0.1, 0.15) is 36.7 Å². The molecule has 2 aliphatic heterocycles. The highest BCUT2D eigenvalue weighted by atomic mass is 16.8. The van der Waals surface area contributed by atoms with Gasteiger partial charge in [0.05, 0.1) is 18.8 Å². The summed E-state index contributed by atoms with van der Waals surface area (Å²) in [5, 5.41) is 22.4. The molecule has 9 atom stereocenters. The molecule has 2 aromatic carbocycles. The van der Waals surface area contributed by atoms with Crippen LogP contribution in [-0.4, -0.2) is 103 Å². The number of hydrogen-bond donors (Lipinski definition) is 2. The largest absolute Gasteiger partial charge is 0.459 e. The van der Waals surface area contributed by atoms with Crippen LogP contribution < -0.4 is 0 Å². The quantitative estimate of drug-likeness (QED) is 0.265. The number of ether oxygens (including phenoxy) is 8. The van der Waals surface area contributed by atoms with E-state index >= 15 is 0 Å². The molecule has 0 bridgehead atoms. The van der Waals surface area contributed by atoms with Gasteiger partial charge in [-0.25, -0.2) is 4.79 Å². The molecule has 244 valence electrons. The Balaban J connectivity index is 1.56. The third-order valence-corrected chi connectivity index (χ3v) is 6.91. The molecule has 14 heteroatoms. The molecule has 2 N–H and O–H groups in total.